The van der Waals surface area contributed by atoms with Crippen molar-refractivity contribution in [2.75, 3.05) is 0 Å². The van der Waals surface area contributed by atoms with Crippen LogP contribution in [0.4, 0.5) is 4.79 Å². The highest BCUT2D eigenvalue weighted by Gasteiger charge is 2.39. The molecule has 4 nitrogen and oxygen atoms in total. The van der Waals surface area contributed by atoms with Crippen LogP contribution in [-0.4, -0.2) is 16.9 Å². The molecule has 0 N–H and O–H groups in total. The molecule has 1 saturated heterocycles. The van der Waals surface area contributed by atoms with Crippen LogP contribution in [-0.2, 0) is 16.1 Å². The molecule has 0 aromatic heterocycles. The second-order valence-corrected chi connectivity index (χ2v) is 6.76. The van der Waals surface area contributed by atoms with Crippen LogP contribution < -0.4 is 0 Å². The molecule has 0 atom stereocenters. The number of nitrogens with zero attached hydrogens (tertiary/aromatic N) is 1. The molecule has 1 heterocycles. The number of hydrogen-bond donors (Lipinski definition) is 0. The zero-order chi connectivity index (χ0) is 19.5. The first-order valence-corrected chi connectivity index (χ1v) is 9.14. The van der Waals surface area contributed by atoms with Crippen LogP contribution in [0.1, 0.15) is 16.7 Å². The van der Waals surface area contributed by atoms with E-state index in [1.807, 2.05) is 60.7 Å². The van der Waals surface area contributed by atoms with Crippen molar-refractivity contribution in [3.63, 3.8) is 0 Å². The Bertz CT molecular complexity index is 1040. The third-order valence-corrected chi connectivity index (χ3v) is 4.71. The van der Waals surface area contributed by atoms with E-state index in [9.17, 15) is 9.59 Å². The number of benzene rings is 3. The Balaban J connectivity index is 1.79. The molecule has 2 amide bonds. The van der Waals surface area contributed by atoms with Crippen LogP contribution in [0.25, 0.3) is 5.57 Å². The largest absolute Gasteiger partial charge is 0.422 e. The summed E-state index contributed by atoms with van der Waals surface area (Å²) in [4.78, 5) is 26.6. The predicted molar refractivity (Wildman–Crippen MR) is 107 cm³/mol. The second-order valence-electron chi connectivity index (χ2n) is 6.32. The van der Waals surface area contributed by atoms with E-state index in [4.69, 9.17) is 16.3 Å². The smallest absolute Gasteiger partial charge is 0.403 e. The van der Waals surface area contributed by atoms with Crippen LogP contribution in [0.5, 0.6) is 0 Å². The number of rotatable bonds is 4. The van der Waals surface area contributed by atoms with Crippen LogP contribution in [0.3, 0.4) is 0 Å². The highest BCUT2D eigenvalue weighted by atomic mass is 35.5. The first-order valence-electron chi connectivity index (χ1n) is 8.77. The number of imide groups is 1. The van der Waals surface area contributed by atoms with Gasteiger partial charge in [-0.3, -0.25) is 4.79 Å². The Hall–Kier alpha value is -3.37. The first kappa shape index (κ1) is 18.0. The van der Waals surface area contributed by atoms with E-state index >= 15 is 0 Å². The zero-order valence-electron chi connectivity index (χ0n) is 14.8. The zero-order valence-corrected chi connectivity index (χ0v) is 15.6. The van der Waals surface area contributed by atoms with Crippen LogP contribution >= 0.6 is 11.6 Å². The molecule has 0 saturated carbocycles. The summed E-state index contributed by atoms with van der Waals surface area (Å²) in [5.41, 5.74) is 2.93. The van der Waals surface area contributed by atoms with Gasteiger partial charge >= 0.3 is 6.09 Å². The van der Waals surface area contributed by atoms with Crippen LogP contribution in [0.2, 0.25) is 5.02 Å². The van der Waals surface area contributed by atoms with Gasteiger partial charge in [-0.25, -0.2) is 9.69 Å². The number of carbonyl (C=O) groups is 2. The summed E-state index contributed by atoms with van der Waals surface area (Å²) >= 11 is 6.01. The molecule has 5 heteroatoms. The summed E-state index contributed by atoms with van der Waals surface area (Å²) in [5, 5.41) is 0.585. The highest BCUT2D eigenvalue weighted by molar-refractivity contribution is 6.30. The average Bonchev–Trinajstić information content (AvgIpc) is 2.99. The molecule has 28 heavy (non-hydrogen) atoms. The molecule has 0 spiro atoms. The molecule has 0 aliphatic carbocycles. The minimum Gasteiger partial charge on any atom is -0.403 e. The van der Waals surface area contributed by atoms with Gasteiger partial charge in [0.25, 0.3) is 5.91 Å². The molecule has 1 aliphatic heterocycles. The molecule has 1 aliphatic rings. The quantitative estimate of drug-likeness (QED) is 0.570. The summed E-state index contributed by atoms with van der Waals surface area (Å²) in [5.74, 6) is -0.433. The van der Waals surface area contributed by atoms with E-state index in [1.165, 1.54) is 0 Å². The van der Waals surface area contributed by atoms with Gasteiger partial charge in [-0.05, 0) is 28.8 Å². The van der Waals surface area contributed by atoms with Crippen molar-refractivity contribution in [3.8, 4) is 0 Å². The molecule has 0 radical (unpaired) electrons. The molecule has 4 rings (SSSR count). The highest BCUT2D eigenvalue weighted by Crippen LogP contribution is 2.33. The topological polar surface area (TPSA) is 46.6 Å². The Labute approximate surface area is 167 Å². The van der Waals surface area contributed by atoms with E-state index < -0.39 is 12.0 Å². The van der Waals surface area contributed by atoms with Gasteiger partial charge in [0.15, 0.2) is 0 Å². The summed E-state index contributed by atoms with van der Waals surface area (Å²) in [7, 11) is 0. The Morgan fingerprint density at radius 2 is 1.36 bits per heavy atom. The van der Waals surface area contributed by atoms with Crippen molar-refractivity contribution < 1.29 is 14.3 Å². The van der Waals surface area contributed by atoms with Gasteiger partial charge in [0, 0.05) is 10.6 Å². The number of hydrogen-bond acceptors (Lipinski definition) is 3. The lowest BCUT2D eigenvalue weighted by Gasteiger charge is -2.11. The number of carbonyl (C=O) groups excluding carboxylic acids is 2. The van der Waals surface area contributed by atoms with Gasteiger partial charge in [0.05, 0.1) is 6.54 Å². The Morgan fingerprint density at radius 3 is 2.00 bits per heavy atom. The fourth-order valence-electron chi connectivity index (χ4n) is 3.10. The monoisotopic (exact) mass is 389 g/mol. The predicted octanol–water partition coefficient (Wildman–Crippen LogP) is 5.28. The third kappa shape index (κ3) is 3.55. The lowest BCUT2D eigenvalue weighted by atomic mass is 9.96. The first-order chi connectivity index (χ1) is 13.6. The van der Waals surface area contributed by atoms with Crippen LogP contribution in [0.15, 0.2) is 90.7 Å². The lowest BCUT2D eigenvalue weighted by Crippen LogP contribution is -2.28. The second kappa shape index (κ2) is 7.71. The minimum absolute atomic E-state index is 0.0226. The van der Waals surface area contributed by atoms with Crippen molar-refractivity contribution in [2.24, 2.45) is 0 Å². The van der Waals surface area contributed by atoms with Crippen molar-refractivity contribution in [1.82, 2.24) is 4.90 Å². The molecule has 3 aromatic rings. The van der Waals surface area contributed by atoms with Gasteiger partial charge in [0.1, 0.15) is 0 Å². The van der Waals surface area contributed by atoms with E-state index in [0.717, 1.165) is 21.6 Å². The van der Waals surface area contributed by atoms with E-state index in [2.05, 4.69) is 0 Å². The standard InChI is InChI=1S/C23H16ClNO3/c24-19-13-11-18(12-14-19)20(17-9-5-2-6-10-17)21-22(26)25(23(27)28-21)15-16-7-3-1-4-8-16/h1-14H,15H2/b21-20-. The lowest BCUT2D eigenvalue weighted by molar-refractivity contribution is -0.123. The van der Waals surface area contributed by atoms with Gasteiger partial charge in [-0.2, -0.15) is 0 Å². The average molecular weight is 390 g/mol. The van der Waals surface area contributed by atoms with Gasteiger partial charge < -0.3 is 4.74 Å². The van der Waals surface area contributed by atoms with E-state index in [1.54, 1.807) is 24.3 Å². The molecule has 1 fully saturated rings. The molecule has 138 valence electrons. The normalized spacial score (nSPS) is 15.5. The molecule has 0 bridgehead atoms. The maximum atomic E-state index is 13.1. The summed E-state index contributed by atoms with van der Waals surface area (Å²) in [6.45, 7) is 0.157. The van der Waals surface area contributed by atoms with Gasteiger partial charge in [-0.15, -0.1) is 0 Å². The fourth-order valence-corrected chi connectivity index (χ4v) is 3.23. The van der Waals surface area contributed by atoms with Crippen molar-refractivity contribution in [1.29, 1.82) is 0 Å². The minimum atomic E-state index is -0.675. The van der Waals surface area contributed by atoms with Gasteiger partial charge in [0.2, 0.25) is 5.76 Å². The number of ether oxygens (including phenoxy) is 1. The molecular weight excluding hydrogens is 374 g/mol. The van der Waals surface area contributed by atoms with E-state index in [0.29, 0.717) is 10.6 Å². The number of halogens is 1. The molecule has 0 unspecified atom stereocenters. The van der Waals surface area contributed by atoms with Crippen molar-refractivity contribution in [3.05, 3.63) is 112 Å². The SMILES string of the molecule is O=C1O/C(=C(/c2ccccc2)c2ccc(Cl)cc2)C(=O)N1Cc1ccccc1. The Morgan fingerprint density at radius 1 is 0.786 bits per heavy atom. The maximum absolute atomic E-state index is 13.1. The summed E-state index contributed by atoms with van der Waals surface area (Å²) in [6, 6.07) is 25.8. The molecule has 3 aromatic carbocycles. The van der Waals surface area contributed by atoms with Crippen molar-refractivity contribution in [2.45, 2.75) is 6.54 Å². The third-order valence-electron chi connectivity index (χ3n) is 4.46. The van der Waals surface area contributed by atoms with E-state index in [-0.39, 0.29) is 12.3 Å². The summed E-state index contributed by atoms with van der Waals surface area (Å²) in [6.07, 6.45) is -0.675. The Kier molecular flexibility index (Phi) is 4.96. The maximum Gasteiger partial charge on any atom is 0.422 e. The van der Waals surface area contributed by atoms with Gasteiger partial charge in [-0.1, -0.05) is 84.4 Å². The summed E-state index contributed by atoms with van der Waals surface area (Å²) < 4.78 is 5.44. The number of cyclic esters (lactones) is 1. The number of amides is 2. The fraction of sp³-hybridized carbons (Fsp3) is 0.0435. The van der Waals surface area contributed by atoms with Crippen molar-refractivity contribution >= 4 is 29.2 Å². The molecular formula is C23H16ClNO3. The van der Waals surface area contributed by atoms with Crippen LogP contribution in [0, 0.1) is 0 Å².